The SMILES string of the molecule is CCNC(=O)N(c1ccccc1)C1CC(C)N(C(=O)c2cccc(OC)c2)c2ccccc21. The maximum absolute atomic E-state index is 13.6. The van der Waals surface area contributed by atoms with Crippen LogP contribution in [0.2, 0.25) is 0 Å². The zero-order valence-corrected chi connectivity index (χ0v) is 19.2. The van der Waals surface area contributed by atoms with Gasteiger partial charge in [0.05, 0.1) is 13.2 Å². The first-order valence-electron chi connectivity index (χ1n) is 11.2. The number of hydrogen-bond acceptors (Lipinski definition) is 3. The fraction of sp³-hybridized carbons (Fsp3) is 0.259. The molecule has 1 N–H and O–H groups in total. The van der Waals surface area contributed by atoms with E-state index in [4.69, 9.17) is 4.74 Å². The predicted molar refractivity (Wildman–Crippen MR) is 131 cm³/mol. The van der Waals surface area contributed by atoms with Gasteiger partial charge in [-0.15, -0.1) is 0 Å². The number of fused-ring (bicyclic) bond motifs is 1. The number of benzene rings is 3. The Bertz CT molecular complexity index is 1130. The molecule has 0 aliphatic carbocycles. The van der Waals surface area contributed by atoms with Gasteiger partial charge in [0.15, 0.2) is 0 Å². The Morgan fingerprint density at radius 2 is 1.76 bits per heavy atom. The molecule has 0 saturated carbocycles. The van der Waals surface area contributed by atoms with E-state index in [1.54, 1.807) is 19.2 Å². The molecule has 1 aliphatic rings. The number of ether oxygens (including phenoxy) is 1. The second-order valence-electron chi connectivity index (χ2n) is 8.11. The quantitative estimate of drug-likeness (QED) is 0.573. The van der Waals surface area contributed by atoms with Crippen molar-refractivity contribution in [2.45, 2.75) is 32.4 Å². The van der Waals surface area contributed by atoms with Crippen LogP contribution in [0.15, 0.2) is 78.9 Å². The van der Waals surface area contributed by atoms with Crippen LogP contribution in [0, 0.1) is 0 Å². The lowest BCUT2D eigenvalue weighted by molar-refractivity contribution is 0.0973. The summed E-state index contributed by atoms with van der Waals surface area (Å²) in [6.45, 7) is 4.47. The van der Waals surface area contributed by atoms with Crippen molar-refractivity contribution in [1.29, 1.82) is 0 Å². The standard InChI is InChI=1S/C27H29N3O3/c1-4-28-27(32)30(21-12-6-5-7-13-21)25-17-19(2)29(24-16-9-8-15-23(24)25)26(31)20-11-10-14-22(18-20)33-3/h5-16,18-19,25H,4,17H2,1-3H3,(H,28,32). The first-order valence-corrected chi connectivity index (χ1v) is 11.2. The average molecular weight is 444 g/mol. The highest BCUT2D eigenvalue weighted by atomic mass is 16.5. The van der Waals surface area contributed by atoms with Crippen LogP contribution in [0.3, 0.4) is 0 Å². The van der Waals surface area contributed by atoms with Crippen LogP contribution in [-0.4, -0.2) is 31.6 Å². The highest BCUT2D eigenvalue weighted by Gasteiger charge is 2.38. The van der Waals surface area contributed by atoms with Crippen LogP contribution in [0.1, 0.15) is 42.2 Å². The Labute approximate surface area is 194 Å². The monoisotopic (exact) mass is 443 g/mol. The first kappa shape index (κ1) is 22.4. The van der Waals surface area contributed by atoms with Gasteiger partial charge in [0, 0.05) is 29.5 Å². The van der Waals surface area contributed by atoms with Crippen molar-refractivity contribution in [3.63, 3.8) is 0 Å². The lowest BCUT2D eigenvalue weighted by Gasteiger charge is -2.43. The predicted octanol–water partition coefficient (Wildman–Crippen LogP) is 5.41. The Balaban J connectivity index is 1.77. The van der Waals surface area contributed by atoms with Crippen molar-refractivity contribution >= 4 is 23.3 Å². The van der Waals surface area contributed by atoms with Crippen LogP contribution in [-0.2, 0) is 0 Å². The van der Waals surface area contributed by atoms with E-state index in [0.29, 0.717) is 24.3 Å². The summed E-state index contributed by atoms with van der Waals surface area (Å²) in [5.74, 6) is 0.555. The molecule has 0 bridgehead atoms. The van der Waals surface area contributed by atoms with Gasteiger partial charge >= 0.3 is 6.03 Å². The second-order valence-corrected chi connectivity index (χ2v) is 8.11. The van der Waals surface area contributed by atoms with E-state index >= 15 is 0 Å². The smallest absolute Gasteiger partial charge is 0.322 e. The summed E-state index contributed by atoms with van der Waals surface area (Å²) in [4.78, 5) is 30.4. The molecule has 33 heavy (non-hydrogen) atoms. The van der Waals surface area contributed by atoms with Crippen molar-refractivity contribution in [3.05, 3.63) is 90.0 Å². The topological polar surface area (TPSA) is 61.9 Å². The third-order valence-electron chi connectivity index (χ3n) is 5.99. The summed E-state index contributed by atoms with van der Waals surface area (Å²) in [5, 5.41) is 2.95. The number of hydrogen-bond donors (Lipinski definition) is 1. The first-order chi connectivity index (χ1) is 16.0. The van der Waals surface area contributed by atoms with Crippen molar-refractivity contribution in [1.82, 2.24) is 5.32 Å². The van der Waals surface area contributed by atoms with Crippen LogP contribution in [0.4, 0.5) is 16.2 Å². The van der Waals surface area contributed by atoms with Crippen LogP contribution in [0.5, 0.6) is 5.75 Å². The van der Waals surface area contributed by atoms with E-state index in [1.807, 2.05) is 90.4 Å². The molecule has 3 aromatic carbocycles. The van der Waals surface area contributed by atoms with Gasteiger partial charge in [-0.05, 0) is 62.2 Å². The van der Waals surface area contributed by atoms with Crippen LogP contribution in [0.25, 0.3) is 0 Å². The number of carbonyl (C=O) groups excluding carboxylic acids is 2. The van der Waals surface area contributed by atoms with Gasteiger partial charge in [-0.25, -0.2) is 4.79 Å². The summed E-state index contributed by atoms with van der Waals surface area (Å²) in [7, 11) is 1.59. The summed E-state index contributed by atoms with van der Waals surface area (Å²) >= 11 is 0. The molecule has 2 unspecified atom stereocenters. The third-order valence-corrected chi connectivity index (χ3v) is 5.99. The number of para-hydroxylation sites is 2. The molecule has 0 saturated heterocycles. The number of nitrogens with one attached hydrogen (secondary N) is 1. The maximum Gasteiger partial charge on any atom is 0.322 e. The number of amides is 3. The minimum Gasteiger partial charge on any atom is -0.497 e. The number of urea groups is 1. The lowest BCUT2D eigenvalue weighted by Crippen LogP contribution is -2.49. The minimum absolute atomic E-state index is 0.0865. The molecule has 1 heterocycles. The van der Waals surface area contributed by atoms with Gasteiger partial charge in [0.2, 0.25) is 0 Å². The van der Waals surface area contributed by atoms with E-state index < -0.39 is 0 Å². The summed E-state index contributed by atoms with van der Waals surface area (Å²) in [5.41, 5.74) is 3.15. The highest BCUT2D eigenvalue weighted by molar-refractivity contribution is 6.07. The number of methoxy groups -OCH3 is 1. The third kappa shape index (κ3) is 4.42. The van der Waals surface area contributed by atoms with E-state index in [-0.39, 0.29) is 24.0 Å². The second kappa shape index (κ2) is 9.77. The van der Waals surface area contributed by atoms with Gasteiger partial charge < -0.3 is 15.0 Å². The molecule has 0 fully saturated rings. The van der Waals surface area contributed by atoms with E-state index in [0.717, 1.165) is 16.9 Å². The van der Waals surface area contributed by atoms with Gasteiger partial charge in [-0.2, -0.15) is 0 Å². The number of rotatable bonds is 5. The average Bonchev–Trinajstić information content (AvgIpc) is 2.85. The normalized spacial score (nSPS) is 17.1. The van der Waals surface area contributed by atoms with E-state index in [9.17, 15) is 9.59 Å². The molecule has 0 aromatic heterocycles. The molecular formula is C27H29N3O3. The number of anilines is 2. The minimum atomic E-state index is -0.209. The zero-order valence-electron chi connectivity index (χ0n) is 19.2. The molecule has 6 nitrogen and oxygen atoms in total. The van der Waals surface area contributed by atoms with Gasteiger partial charge in [-0.1, -0.05) is 42.5 Å². The Morgan fingerprint density at radius 3 is 2.48 bits per heavy atom. The molecule has 0 radical (unpaired) electrons. The van der Waals surface area contributed by atoms with E-state index in [1.165, 1.54) is 0 Å². The molecular weight excluding hydrogens is 414 g/mol. The van der Waals surface area contributed by atoms with Crippen LogP contribution < -0.4 is 19.9 Å². The zero-order chi connectivity index (χ0) is 23.4. The lowest BCUT2D eigenvalue weighted by atomic mass is 9.89. The maximum atomic E-state index is 13.6. The molecule has 2 atom stereocenters. The Morgan fingerprint density at radius 1 is 1.03 bits per heavy atom. The molecule has 6 heteroatoms. The number of carbonyl (C=O) groups is 2. The Kier molecular flexibility index (Phi) is 6.63. The fourth-order valence-corrected chi connectivity index (χ4v) is 4.49. The van der Waals surface area contributed by atoms with E-state index in [2.05, 4.69) is 5.32 Å². The number of nitrogens with zero attached hydrogens (tertiary/aromatic N) is 2. The largest absolute Gasteiger partial charge is 0.497 e. The molecule has 4 rings (SSSR count). The Hall–Kier alpha value is -3.80. The molecule has 3 aromatic rings. The van der Waals surface area contributed by atoms with Crippen molar-refractivity contribution in [2.24, 2.45) is 0 Å². The van der Waals surface area contributed by atoms with Crippen molar-refractivity contribution in [2.75, 3.05) is 23.5 Å². The van der Waals surface area contributed by atoms with Crippen molar-refractivity contribution in [3.8, 4) is 5.75 Å². The molecule has 0 spiro atoms. The van der Waals surface area contributed by atoms with Crippen LogP contribution >= 0.6 is 0 Å². The van der Waals surface area contributed by atoms with Crippen molar-refractivity contribution < 1.29 is 14.3 Å². The van der Waals surface area contributed by atoms with Gasteiger partial charge in [0.25, 0.3) is 5.91 Å². The van der Waals surface area contributed by atoms with Gasteiger partial charge in [-0.3, -0.25) is 9.69 Å². The highest BCUT2D eigenvalue weighted by Crippen LogP contribution is 2.42. The fourth-order valence-electron chi connectivity index (χ4n) is 4.49. The van der Waals surface area contributed by atoms with Gasteiger partial charge in [0.1, 0.15) is 5.75 Å². The summed E-state index contributed by atoms with van der Waals surface area (Å²) < 4.78 is 5.31. The summed E-state index contributed by atoms with van der Waals surface area (Å²) in [6, 6.07) is 24.2. The summed E-state index contributed by atoms with van der Waals surface area (Å²) in [6.07, 6.45) is 0.610. The molecule has 3 amide bonds. The molecule has 1 aliphatic heterocycles. The molecule has 170 valence electrons.